The summed E-state index contributed by atoms with van der Waals surface area (Å²) in [4.78, 5) is 11.4. The molecule has 19 heavy (non-hydrogen) atoms. The fraction of sp³-hybridized carbons (Fsp3) is 0.333. The molecule has 0 bridgehead atoms. The molecule has 1 amide bonds. The molecular weight excluding hydrogens is 266 g/mol. The SMILES string of the molecule is CCNC(=S)NNC(=O)COc1ccc(OC)cc1. The van der Waals surface area contributed by atoms with Gasteiger partial charge in [-0.1, -0.05) is 0 Å². The number of methoxy groups -OCH3 is 1. The normalized spacial score (nSPS) is 9.37. The molecule has 0 spiro atoms. The minimum Gasteiger partial charge on any atom is -0.497 e. The van der Waals surface area contributed by atoms with Gasteiger partial charge in [-0.25, -0.2) is 0 Å². The smallest absolute Gasteiger partial charge is 0.276 e. The first-order valence-corrected chi connectivity index (χ1v) is 6.16. The van der Waals surface area contributed by atoms with Gasteiger partial charge in [-0.15, -0.1) is 0 Å². The van der Waals surface area contributed by atoms with Gasteiger partial charge in [0.05, 0.1) is 7.11 Å². The lowest BCUT2D eigenvalue weighted by Crippen LogP contribution is -2.48. The van der Waals surface area contributed by atoms with E-state index in [1.165, 1.54) is 0 Å². The van der Waals surface area contributed by atoms with Gasteiger partial charge >= 0.3 is 0 Å². The number of thiocarbonyl (C=S) groups is 1. The molecule has 7 heteroatoms. The first-order chi connectivity index (χ1) is 9.15. The zero-order valence-corrected chi connectivity index (χ0v) is 11.7. The fourth-order valence-corrected chi connectivity index (χ4v) is 1.38. The lowest BCUT2D eigenvalue weighted by molar-refractivity contribution is -0.123. The second-order valence-corrected chi connectivity index (χ2v) is 3.91. The van der Waals surface area contributed by atoms with Crippen LogP contribution in [0.2, 0.25) is 0 Å². The Morgan fingerprint density at radius 2 is 1.84 bits per heavy atom. The van der Waals surface area contributed by atoms with Crippen molar-refractivity contribution in [2.45, 2.75) is 6.92 Å². The van der Waals surface area contributed by atoms with E-state index >= 15 is 0 Å². The van der Waals surface area contributed by atoms with Gasteiger partial charge in [0.2, 0.25) is 0 Å². The number of nitrogens with one attached hydrogen (secondary N) is 3. The topological polar surface area (TPSA) is 71.6 Å². The molecule has 0 aromatic heterocycles. The van der Waals surface area contributed by atoms with Crippen molar-refractivity contribution in [3.05, 3.63) is 24.3 Å². The van der Waals surface area contributed by atoms with Gasteiger partial charge in [-0.3, -0.25) is 15.6 Å². The van der Waals surface area contributed by atoms with Gasteiger partial charge in [-0.2, -0.15) is 0 Å². The van der Waals surface area contributed by atoms with Crippen molar-refractivity contribution in [2.24, 2.45) is 0 Å². The van der Waals surface area contributed by atoms with Gasteiger partial charge < -0.3 is 14.8 Å². The summed E-state index contributed by atoms with van der Waals surface area (Å²) in [6.45, 7) is 2.49. The predicted molar refractivity (Wildman–Crippen MR) is 76.0 cm³/mol. The summed E-state index contributed by atoms with van der Waals surface area (Å²) >= 11 is 4.89. The molecule has 1 aromatic rings. The molecule has 0 heterocycles. The Hall–Kier alpha value is -2.02. The zero-order chi connectivity index (χ0) is 14.1. The fourth-order valence-electron chi connectivity index (χ4n) is 1.19. The third kappa shape index (κ3) is 5.91. The lowest BCUT2D eigenvalue weighted by atomic mass is 10.3. The molecule has 6 nitrogen and oxygen atoms in total. The number of hydrogen-bond donors (Lipinski definition) is 3. The second-order valence-electron chi connectivity index (χ2n) is 3.50. The van der Waals surface area contributed by atoms with Crippen LogP contribution in [0.1, 0.15) is 6.92 Å². The van der Waals surface area contributed by atoms with Crippen molar-refractivity contribution in [3.8, 4) is 11.5 Å². The average Bonchev–Trinajstić information content (AvgIpc) is 2.44. The van der Waals surface area contributed by atoms with Crippen LogP contribution < -0.4 is 25.6 Å². The van der Waals surface area contributed by atoms with E-state index in [1.807, 2.05) is 6.92 Å². The van der Waals surface area contributed by atoms with E-state index in [0.29, 0.717) is 17.4 Å². The summed E-state index contributed by atoms with van der Waals surface area (Å²) in [5.74, 6) is 0.996. The highest BCUT2D eigenvalue weighted by Gasteiger charge is 2.03. The van der Waals surface area contributed by atoms with Crippen molar-refractivity contribution in [3.63, 3.8) is 0 Å². The zero-order valence-electron chi connectivity index (χ0n) is 10.9. The predicted octanol–water partition coefficient (Wildman–Crippen LogP) is 0.589. The highest BCUT2D eigenvalue weighted by Crippen LogP contribution is 2.16. The van der Waals surface area contributed by atoms with Crippen molar-refractivity contribution in [2.75, 3.05) is 20.3 Å². The average molecular weight is 283 g/mol. The summed E-state index contributed by atoms with van der Waals surface area (Å²) < 4.78 is 10.3. The van der Waals surface area contributed by atoms with Crippen molar-refractivity contribution < 1.29 is 14.3 Å². The Kier molecular flexibility index (Phi) is 6.45. The van der Waals surface area contributed by atoms with Crippen LogP contribution in [0.5, 0.6) is 11.5 Å². The highest BCUT2D eigenvalue weighted by molar-refractivity contribution is 7.80. The molecule has 0 aliphatic rings. The quantitative estimate of drug-likeness (QED) is 0.543. The summed E-state index contributed by atoms with van der Waals surface area (Å²) in [5, 5.41) is 3.20. The van der Waals surface area contributed by atoms with E-state index in [1.54, 1.807) is 31.4 Å². The number of hydrogen-bond acceptors (Lipinski definition) is 4. The van der Waals surface area contributed by atoms with Crippen LogP contribution in [0.15, 0.2) is 24.3 Å². The van der Waals surface area contributed by atoms with Crippen LogP contribution in [-0.4, -0.2) is 31.3 Å². The molecule has 0 saturated heterocycles. The van der Waals surface area contributed by atoms with Crippen LogP contribution >= 0.6 is 12.2 Å². The van der Waals surface area contributed by atoms with Crippen LogP contribution in [0.3, 0.4) is 0 Å². The number of carbonyl (C=O) groups excluding carboxylic acids is 1. The van der Waals surface area contributed by atoms with E-state index in [2.05, 4.69) is 16.2 Å². The van der Waals surface area contributed by atoms with Crippen molar-refractivity contribution in [1.29, 1.82) is 0 Å². The Labute approximate surface area is 117 Å². The highest BCUT2D eigenvalue weighted by atomic mass is 32.1. The minimum atomic E-state index is -0.323. The number of benzene rings is 1. The van der Waals surface area contributed by atoms with Crippen LogP contribution in [-0.2, 0) is 4.79 Å². The molecule has 1 aromatic carbocycles. The maximum Gasteiger partial charge on any atom is 0.276 e. The molecular formula is C12H17N3O3S. The van der Waals surface area contributed by atoms with E-state index in [-0.39, 0.29) is 12.5 Å². The third-order valence-electron chi connectivity index (χ3n) is 2.08. The molecule has 3 N–H and O–H groups in total. The summed E-state index contributed by atoms with van der Waals surface area (Å²) in [5.41, 5.74) is 4.98. The summed E-state index contributed by atoms with van der Waals surface area (Å²) in [6.07, 6.45) is 0. The molecule has 0 aliphatic carbocycles. The minimum absolute atomic E-state index is 0.103. The number of amides is 1. The summed E-state index contributed by atoms with van der Waals surface area (Å²) in [6, 6.07) is 6.96. The Balaban J connectivity index is 2.27. The standard InChI is InChI=1S/C12H17N3O3S/c1-3-13-12(19)15-14-11(16)8-18-10-6-4-9(17-2)5-7-10/h4-7H,3,8H2,1-2H3,(H,14,16)(H2,13,15,19). The van der Waals surface area contributed by atoms with E-state index in [9.17, 15) is 4.79 Å². The molecule has 0 fully saturated rings. The number of rotatable bonds is 5. The maximum atomic E-state index is 11.4. The lowest BCUT2D eigenvalue weighted by Gasteiger charge is -2.11. The van der Waals surface area contributed by atoms with Crippen molar-refractivity contribution in [1.82, 2.24) is 16.2 Å². The maximum absolute atomic E-state index is 11.4. The van der Waals surface area contributed by atoms with Crippen LogP contribution in [0.4, 0.5) is 0 Å². The Bertz CT molecular complexity index is 423. The molecule has 1 rings (SSSR count). The van der Waals surface area contributed by atoms with Crippen LogP contribution in [0, 0.1) is 0 Å². The number of hydrazine groups is 1. The molecule has 0 radical (unpaired) electrons. The summed E-state index contributed by atoms with van der Waals surface area (Å²) in [7, 11) is 1.59. The first-order valence-electron chi connectivity index (χ1n) is 5.75. The Morgan fingerprint density at radius 3 is 2.42 bits per heavy atom. The van der Waals surface area contributed by atoms with E-state index in [0.717, 1.165) is 5.75 Å². The third-order valence-corrected chi connectivity index (χ3v) is 2.33. The second kappa shape index (κ2) is 8.15. The largest absolute Gasteiger partial charge is 0.497 e. The van der Waals surface area contributed by atoms with Gasteiger partial charge in [-0.05, 0) is 43.4 Å². The van der Waals surface area contributed by atoms with E-state index in [4.69, 9.17) is 21.7 Å². The first kappa shape index (κ1) is 15.0. The van der Waals surface area contributed by atoms with Gasteiger partial charge in [0.1, 0.15) is 11.5 Å². The number of carbonyl (C=O) groups is 1. The van der Waals surface area contributed by atoms with Gasteiger partial charge in [0.15, 0.2) is 11.7 Å². The molecule has 0 atom stereocenters. The van der Waals surface area contributed by atoms with Crippen molar-refractivity contribution >= 4 is 23.2 Å². The molecule has 0 aliphatic heterocycles. The Morgan fingerprint density at radius 1 is 1.21 bits per heavy atom. The van der Waals surface area contributed by atoms with Crippen LogP contribution in [0.25, 0.3) is 0 Å². The molecule has 0 unspecified atom stereocenters. The van der Waals surface area contributed by atoms with Gasteiger partial charge in [0, 0.05) is 6.54 Å². The monoisotopic (exact) mass is 283 g/mol. The van der Waals surface area contributed by atoms with Gasteiger partial charge in [0.25, 0.3) is 5.91 Å². The number of ether oxygens (including phenoxy) is 2. The van der Waals surface area contributed by atoms with E-state index < -0.39 is 0 Å². The molecule has 104 valence electrons. The molecule has 0 saturated carbocycles.